The molecular weight excluding hydrogens is 272 g/mol. The fourth-order valence-corrected chi connectivity index (χ4v) is 2.86. The second-order valence-corrected chi connectivity index (χ2v) is 6.42. The van der Waals surface area contributed by atoms with Crippen molar-refractivity contribution >= 4 is 17.5 Å². The lowest BCUT2D eigenvalue weighted by Crippen LogP contribution is -2.45. The lowest BCUT2D eigenvalue weighted by Gasteiger charge is -2.26. The number of hydrogen-bond acceptors (Lipinski definition) is 2. The van der Waals surface area contributed by atoms with E-state index in [9.17, 15) is 4.79 Å². The van der Waals surface area contributed by atoms with Gasteiger partial charge in [0.25, 0.3) is 0 Å². The summed E-state index contributed by atoms with van der Waals surface area (Å²) in [7, 11) is 0. The lowest BCUT2D eigenvalue weighted by atomic mass is 9.94. The van der Waals surface area contributed by atoms with Gasteiger partial charge in [0, 0.05) is 5.02 Å². The maximum atomic E-state index is 12.4. The number of carbonyl (C=O) groups excluding carboxylic acids is 1. The molecule has 1 aliphatic heterocycles. The van der Waals surface area contributed by atoms with E-state index in [0.717, 1.165) is 18.5 Å². The number of benzene rings is 1. The zero-order valence-corrected chi connectivity index (χ0v) is 13.1. The maximum absolute atomic E-state index is 12.4. The normalized spacial score (nSPS) is 23.9. The molecular formula is C16H23ClN2O. The quantitative estimate of drug-likeness (QED) is 0.896. The molecule has 3 atom stereocenters. The molecule has 1 aliphatic rings. The van der Waals surface area contributed by atoms with Crippen molar-refractivity contribution in [3.63, 3.8) is 0 Å². The molecule has 0 bridgehead atoms. The molecule has 0 spiro atoms. The van der Waals surface area contributed by atoms with E-state index in [4.69, 9.17) is 11.6 Å². The van der Waals surface area contributed by atoms with Crippen LogP contribution in [0.5, 0.6) is 0 Å². The first kappa shape index (κ1) is 15.3. The second kappa shape index (κ2) is 6.59. The molecule has 2 rings (SSSR count). The van der Waals surface area contributed by atoms with Crippen LogP contribution in [0.3, 0.4) is 0 Å². The van der Waals surface area contributed by atoms with E-state index in [1.807, 2.05) is 24.3 Å². The summed E-state index contributed by atoms with van der Waals surface area (Å²) in [5.41, 5.74) is 1.10. The first-order valence-corrected chi connectivity index (χ1v) is 7.66. The Morgan fingerprint density at radius 3 is 2.50 bits per heavy atom. The molecule has 1 saturated heterocycles. The zero-order chi connectivity index (χ0) is 14.7. The molecule has 1 aromatic carbocycles. The Morgan fingerprint density at radius 1 is 1.35 bits per heavy atom. The minimum atomic E-state index is -0.0662. The van der Waals surface area contributed by atoms with E-state index in [1.165, 1.54) is 0 Å². The molecule has 20 heavy (non-hydrogen) atoms. The Bertz CT molecular complexity index is 458. The van der Waals surface area contributed by atoms with Crippen molar-refractivity contribution in [1.82, 2.24) is 10.6 Å². The van der Waals surface area contributed by atoms with Crippen LogP contribution >= 0.6 is 11.6 Å². The highest BCUT2D eigenvalue weighted by atomic mass is 35.5. The number of halogens is 1. The Hall–Kier alpha value is -1.06. The van der Waals surface area contributed by atoms with Gasteiger partial charge in [-0.1, -0.05) is 44.5 Å². The molecule has 4 heteroatoms. The molecule has 0 aromatic heterocycles. The monoisotopic (exact) mass is 294 g/mol. The molecule has 1 fully saturated rings. The van der Waals surface area contributed by atoms with E-state index in [0.29, 0.717) is 16.9 Å². The van der Waals surface area contributed by atoms with Gasteiger partial charge in [0.15, 0.2) is 0 Å². The third kappa shape index (κ3) is 3.53. The van der Waals surface area contributed by atoms with Gasteiger partial charge in [0.1, 0.15) is 0 Å². The van der Waals surface area contributed by atoms with Gasteiger partial charge in [-0.2, -0.15) is 0 Å². The summed E-state index contributed by atoms with van der Waals surface area (Å²) in [4.78, 5) is 12.4. The Balaban J connectivity index is 2.09. The van der Waals surface area contributed by atoms with Gasteiger partial charge in [0.05, 0.1) is 12.1 Å². The van der Waals surface area contributed by atoms with Gasteiger partial charge in [-0.05, 0) is 42.5 Å². The van der Waals surface area contributed by atoms with Crippen LogP contribution in [0.4, 0.5) is 0 Å². The number of hydrogen-bond donors (Lipinski definition) is 2. The topological polar surface area (TPSA) is 41.1 Å². The molecule has 3 unspecified atom stereocenters. The van der Waals surface area contributed by atoms with Crippen LogP contribution in [-0.4, -0.2) is 18.5 Å². The van der Waals surface area contributed by atoms with Gasteiger partial charge in [0.2, 0.25) is 5.91 Å². The van der Waals surface area contributed by atoms with Crippen molar-refractivity contribution in [2.24, 2.45) is 11.8 Å². The molecule has 2 N–H and O–H groups in total. The average Bonchev–Trinajstić information content (AvgIpc) is 2.83. The van der Waals surface area contributed by atoms with Gasteiger partial charge < -0.3 is 10.6 Å². The van der Waals surface area contributed by atoms with Crippen molar-refractivity contribution < 1.29 is 4.79 Å². The summed E-state index contributed by atoms with van der Waals surface area (Å²) in [6.07, 6.45) is 1.06. The molecule has 0 radical (unpaired) electrons. The van der Waals surface area contributed by atoms with Crippen molar-refractivity contribution in [2.75, 3.05) is 6.54 Å². The summed E-state index contributed by atoms with van der Waals surface area (Å²) in [6, 6.07) is 7.67. The van der Waals surface area contributed by atoms with Gasteiger partial charge in [-0.15, -0.1) is 0 Å². The van der Waals surface area contributed by atoms with E-state index >= 15 is 0 Å². The first-order valence-electron chi connectivity index (χ1n) is 7.28. The summed E-state index contributed by atoms with van der Waals surface area (Å²) in [6.45, 7) is 7.28. The van der Waals surface area contributed by atoms with Crippen LogP contribution in [0.1, 0.15) is 38.8 Å². The van der Waals surface area contributed by atoms with E-state index in [1.54, 1.807) is 0 Å². The van der Waals surface area contributed by atoms with Crippen molar-refractivity contribution in [3.8, 4) is 0 Å². The van der Waals surface area contributed by atoms with Crippen LogP contribution in [0, 0.1) is 11.8 Å². The zero-order valence-electron chi connectivity index (χ0n) is 12.3. The average molecular weight is 295 g/mol. The molecule has 1 aromatic rings. The molecule has 0 aliphatic carbocycles. The third-order valence-corrected chi connectivity index (χ3v) is 4.26. The number of rotatable bonds is 4. The SMILES string of the molecule is CC(C)C(NC(=O)C1NCCC1C)c1ccc(Cl)cc1. The number of carbonyl (C=O) groups is 1. The summed E-state index contributed by atoms with van der Waals surface area (Å²) >= 11 is 5.93. The number of nitrogens with one attached hydrogen (secondary N) is 2. The van der Waals surface area contributed by atoms with Gasteiger partial charge in [-0.3, -0.25) is 4.79 Å². The molecule has 110 valence electrons. The van der Waals surface area contributed by atoms with Crippen LogP contribution in [0.2, 0.25) is 5.02 Å². The third-order valence-electron chi connectivity index (χ3n) is 4.01. The van der Waals surface area contributed by atoms with Crippen LogP contribution in [0.25, 0.3) is 0 Å². The standard InChI is InChI=1S/C16H23ClN2O/c1-10(2)14(12-4-6-13(17)7-5-12)19-16(20)15-11(3)8-9-18-15/h4-7,10-11,14-15,18H,8-9H2,1-3H3,(H,19,20). The fraction of sp³-hybridized carbons (Fsp3) is 0.562. The van der Waals surface area contributed by atoms with E-state index in [-0.39, 0.29) is 18.0 Å². The van der Waals surface area contributed by atoms with Crippen LogP contribution in [0.15, 0.2) is 24.3 Å². The second-order valence-electron chi connectivity index (χ2n) is 5.98. The summed E-state index contributed by atoms with van der Waals surface area (Å²) < 4.78 is 0. The van der Waals surface area contributed by atoms with Crippen molar-refractivity contribution in [3.05, 3.63) is 34.9 Å². The Labute approximate surface area is 126 Å². The largest absolute Gasteiger partial charge is 0.348 e. The lowest BCUT2D eigenvalue weighted by molar-refractivity contribution is -0.124. The molecule has 1 heterocycles. The van der Waals surface area contributed by atoms with Crippen molar-refractivity contribution in [2.45, 2.75) is 39.3 Å². The summed E-state index contributed by atoms with van der Waals surface area (Å²) in [5.74, 6) is 0.827. The minimum absolute atomic E-state index is 0.0226. The first-order chi connectivity index (χ1) is 9.49. The molecule has 0 saturated carbocycles. The predicted molar refractivity (Wildman–Crippen MR) is 82.7 cm³/mol. The summed E-state index contributed by atoms with van der Waals surface area (Å²) in [5, 5.41) is 7.17. The highest BCUT2D eigenvalue weighted by Gasteiger charge is 2.31. The highest BCUT2D eigenvalue weighted by molar-refractivity contribution is 6.30. The predicted octanol–water partition coefficient (Wildman–Crippen LogP) is 3.15. The number of amides is 1. The van der Waals surface area contributed by atoms with Crippen molar-refractivity contribution in [1.29, 1.82) is 0 Å². The highest BCUT2D eigenvalue weighted by Crippen LogP contribution is 2.24. The Morgan fingerprint density at radius 2 is 2.00 bits per heavy atom. The smallest absolute Gasteiger partial charge is 0.237 e. The maximum Gasteiger partial charge on any atom is 0.237 e. The molecule has 1 amide bonds. The van der Waals surface area contributed by atoms with Gasteiger partial charge >= 0.3 is 0 Å². The molecule has 3 nitrogen and oxygen atoms in total. The minimum Gasteiger partial charge on any atom is -0.348 e. The van der Waals surface area contributed by atoms with Gasteiger partial charge in [-0.25, -0.2) is 0 Å². The van der Waals surface area contributed by atoms with E-state index in [2.05, 4.69) is 31.4 Å². The van der Waals surface area contributed by atoms with Crippen LogP contribution < -0.4 is 10.6 Å². The van der Waals surface area contributed by atoms with Crippen LogP contribution in [-0.2, 0) is 4.79 Å². The van der Waals surface area contributed by atoms with E-state index < -0.39 is 0 Å². The fourth-order valence-electron chi connectivity index (χ4n) is 2.73. The Kier molecular flexibility index (Phi) is 5.06.